The molecule has 0 aliphatic rings. The van der Waals surface area contributed by atoms with Crippen molar-refractivity contribution in [3.8, 4) is 0 Å². The number of Topliss-reactive ketones (excluding diaryl/α,β-unsaturated/α-hetero) is 1. The molecule has 0 saturated heterocycles. The predicted molar refractivity (Wildman–Crippen MR) is 84.5 cm³/mol. The summed E-state index contributed by atoms with van der Waals surface area (Å²) in [6, 6.07) is 18.9. The van der Waals surface area contributed by atoms with Gasteiger partial charge in [-0.15, -0.1) is 0 Å². The first-order valence-corrected chi connectivity index (χ1v) is 7.43. The molecule has 3 aromatic carbocycles. The first-order valence-electron chi connectivity index (χ1n) is 6.61. The number of hydrogen-bond donors (Lipinski definition) is 0. The van der Waals surface area contributed by atoms with E-state index in [1.54, 1.807) is 12.1 Å². The Morgan fingerprint density at radius 2 is 1.71 bits per heavy atom. The van der Waals surface area contributed by atoms with E-state index in [0.29, 0.717) is 4.90 Å². The molecule has 0 aliphatic carbocycles. The van der Waals surface area contributed by atoms with E-state index in [0.717, 1.165) is 15.7 Å². The molecule has 0 bridgehead atoms. The van der Waals surface area contributed by atoms with Gasteiger partial charge >= 0.3 is 0 Å². The molecule has 0 saturated carbocycles. The number of carbonyl (C=O) groups excluding carboxylic acids is 1. The van der Waals surface area contributed by atoms with E-state index in [9.17, 15) is 9.18 Å². The second kappa shape index (κ2) is 5.70. The molecule has 0 heterocycles. The molecule has 0 fully saturated rings. The molecule has 0 spiro atoms. The van der Waals surface area contributed by atoms with Crippen molar-refractivity contribution in [2.24, 2.45) is 0 Å². The van der Waals surface area contributed by atoms with Gasteiger partial charge in [0.05, 0.1) is 5.56 Å². The fourth-order valence-electron chi connectivity index (χ4n) is 2.29. The zero-order valence-electron chi connectivity index (χ0n) is 11.5. The second-order valence-electron chi connectivity index (χ2n) is 4.78. The van der Waals surface area contributed by atoms with Crippen molar-refractivity contribution in [1.82, 2.24) is 0 Å². The Labute approximate surface area is 126 Å². The average Bonchev–Trinajstić information content (AvgIpc) is 2.47. The maximum absolute atomic E-state index is 13.8. The summed E-state index contributed by atoms with van der Waals surface area (Å²) in [5.74, 6) is -0.718. The van der Waals surface area contributed by atoms with E-state index >= 15 is 0 Å². The summed E-state index contributed by atoms with van der Waals surface area (Å²) in [6.07, 6.45) is 0. The van der Waals surface area contributed by atoms with Crippen LogP contribution in [0.15, 0.2) is 70.5 Å². The Balaban J connectivity index is 2.02. The van der Waals surface area contributed by atoms with Crippen LogP contribution < -0.4 is 0 Å². The van der Waals surface area contributed by atoms with Crippen LogP contribution in [0.1, 0.15) is 17.3 Å². The summed E-state index contributed by atoms with van der Waals surface area (Å²) in [5, 5.41) is 2.29. The summed E-state index contributed by atoms with van der Waals surface area (Å²) in [7, 11) is 0. The van der Waals surface area contributed by atoms with Gasteiger partial charge in [0.2, 0.25) is 0 Å². The standard InChI is InChI=1S/C18H13FOS/c1-12(20)18-16(19)7-4-8-17(18)21-15-10-9-13-5-2-3-6-14(13)11-15/h2-11H,1H3. The summed E-state index contributed by atoms with van der Waals surface area (Å²) in [4.78, 5) is 13.3. The van der Waals surface area contributed by atoms with Crippen molar-refractivity contribution >= 4 is 28.3 Å². The molecule has 0 amide bonds. The van der Waals surface area contributed by atoms with Gasteiger partial charge in [-0.1, -0.05) is 48.2 Å². The van der Waals surface area contributed by atoms with Gasteiger partial charge in [0.25, 0.3) is 0 Å². The largest absolute Gasteiger partial charge is 0.294 e. The van der Waals surface area contributed by atoms with Crippen LogP contribution in [0, 0.1) is 5.82 Å². The lowest BCUT2D eigenvalue weighted by Gasteiger charge is -2.08. The third-order valence-electron chi connectivity index (χ3n) is 3.28. The lowest BCUT2D eigenvalue weighted by molar-refractivity contribution is 0.101. The van der Waals surface area contributed by atoms with Gasteiger partial charge in [0.1, 0.15) is 5.82 Å². The first-order chi connectivity index (χ1) is 10.1. The highest BCUT2D eigenvalue weighted by atomic mass is 32.2. The fraction of sp³-hybridized carbons (Fsp3) is 0.0556. The highest BCUT2D eigenvalue weighted by molar-refractivity contribution is 7.99. The van der Waals surface area contributed by atoms with Crippen molar-refractivity contribution < 1.29 is 9.18 Å². The van der Waals surface area contributed by atoms with Gasteiger partial charge in [-0.3, -0.25) is 4.79 Å². The van der Waals surface area contributed by atoms with Crippen LogP contribution in [-0.4, -0.2) is 5.78 Å². The Kier molecular flexibility index (Phi) is 3.76. The van der Waals surface area contributed by atoms with E-state index in [-0.39, 0.29) is 11.3 Å². The SMILES string of the molecule is CC(=O)c1c(F)cccc1Sc1ccc2ccccc2c1. The summed E-state index contributed by atoms with van der Waals surface area (Å²) in [5.41, 5.74) is 0.163. The number of carbonyl (C=O) groups is 1. The molecule has 0 atom stereocenters. The minimum Gasteiger partial charge on any atom is -0.294 e. The quantitative estimate of drug-likeness (QED) is 0.607. The highest BCUT2D eigenvalue weighted by Crippen LogP contribution is 2.33. The Bertz CT molecular complexity index is 826. The van der Waals surface area contributed by atoms with Crippen molar-refractivity contribution in [2.45, 2.75) is 16.7 Å². The predicted octanol–water partition coefficient (Wildman–Crippen LogP) is 5.33. The number of hydrogen-bond acceptors (Lipinski definition) is 2. The fourth-order valence-corrected chi connectivity index (χ4v) is 3.35. The first kappa shape index (κ1) is 13.8. The molecule has 104 valence electrons. The summed E-state index contributed by atoms with van der Waals surface area (Å²) < 4.78 is 13.8. The Morgan fingerprint density at radius 1 is 0.952 bits per heavy atom. The van der Waals surface area contributed by atoms with E-state index in [2.05, 4.69) is 6.07 Å². The maximum Gasteiger partial charge on any atom is 0.163 e. The topological polar surface area (TPSA) is 17.1 Å². The van der Waals surface area contributed by atoms with Gasteiger partial charge in [0.15, 0.2) is 5.78 Å². The van der Waals surface area contributed by atoms with E-state index in [4.69, 9.17) is 0 Å². The van der Waals surface area contributed by atoms with Crippen LogP contribution >= 0.6 is 11.8 Å². The second-order valence-corrected chi connectivity index (χ2v) is 5.90. The number of halogens is 1. The minimum absolute atomic E-state index is 0.163. The minimum atomic E-state index is -0.465. The average molecular weight is 296 g/mol. The van der Waals surface area contributed by atoms with Gasteiger partial charge in [-0.2, -0.15) is 0 Å². The summed E-state index contributed by atoms with van der Waals surface area (Å²) >= 11 is 1.41. The van der Waals surface area contributed by atoms with Crippen LogP contribution in [0.5, 0.6) is 0 Å². The van der Waals surface area contributed by atoms with E-state index in [1.807, 2.05) is 36.4 Å². The van der Waals surface area contributed by atoms with Crippen molar-refractivity contribution in [3.05, 3.63) is 72.0 Å². The van der Waals surface area contributed by atoms with Gasteiger partial charge in [0, 0.05) is 9.79 Å². The van der Waals surface area contributed by atoms with Gasteiger partial charge < -0.3 is 0 Å². The lowest BCUT2D eigenvalue weighted by Crippen LogP contribution is -1.99. The van der Waals surface area contributed by atoms with Gasteiger partial charge in [-0.05, 0) is 42.0 Å². The molecule has 0 radical (unpaired) electrons. The van der Waals surface area contributed by atoms with E-state index < -0.39 is 5.82 Å². The lowest BCUT2D eigenvalue weighted by atomic mass is 10.1. The molecule has 0 unspecified atom stereocenters. The van der Waals surface area contributed by atoms with Crippen LogP contribution in [-0.2, 0) is 0 Å². The van der Waals surface area contributed by atoms with Crippen LogP contribution in [0.2, 0.25) is 0 Å². The number of benzene rings is 3. The zero-order chi connectivity index (χ0) is 14.8. The molecule has 0 aromatic heterocycles. The molecule has 3 aromatic rings. The van der Waals surface area contributed by atoms with Crippen molar-refractivity contribution in [3.63, 3.8) is 0 Å². The smallest absolute Gasteiger partial charge is 0.163 e. The Hall–Kier alpha value is -2.13. The maximum atomic E-state index is 13.8. The van der Waals surface area contributed by atoms with Crippen LogP contribution in [0.25, 0.3) is 10.8 Å². The summed E-state index contributed by atoms with van der Waals surface area (Å²) in [6.45, 7) is 1.39. The zero-order valence-corrected chi connectivity index (χ0v) is 12.3. The van der Waals surface area contributed by atoms with Crippen LogP contribution in [0.3, 0.4) is 0 Å². The number of ketones is 1. The monoisotopic (exact) mass is 296 g/mol. The van der Waals surface area contributed by atoms with Crippen LogP contribution in [0.4, 0.5) is 4.39 Å². The molecule has 1 nitrogen and oxygen atoms in total. The molecule has 21 heavy (non-hydrogen) atoms. The molecule has 3 heteroatoms. The van der Waals surface area contributed by atoms with Gasteiger partial charge in [-0.25, -0.2) is 4.39 Å². The van der Waals surface area contributed by atoms with Crippen molar-refractivity contribution in [1.29, 1.82) is 0 Å². The third kappa shape index (κ3) is 2.83. The number of fused-ring (bicyclic) bond motifs is 1. The molecular formula is C18H13FOS. The third-order valence-corrected chi connectivity index (χ3v) is 4.33. The molecule has 0 N–H and O–H groups in total. The normalized spacial score (nSPS) is 10.8. The number of rotatable bonds is 3. The molecule has 0 aliphatic heterocycles. The molecule has 3 rings (SSSR count). The van der Waals surface area contributed by atoms with E-state index in [1.165, 1.54) is 24.8 Å². The molecular weight excluding hydrogens is 283 g/mol. The Morgan fingerprint density at radius 3 is 2.48 bits per heavy atom. The van der Waals surface area contributed by atoms with Crippen molar-refractivity contribution in [2.75, 3.05) is 0 Å². The highest BCUT2D eigenvalue weighted by Gasteiger charge is 2.13.